The fourth-order valence-corrected chi connectivity index (χ4v) is 5.20. The Morgan fingerprint density at radius 1 is 0.949 bits per heavy atom. The molecule has 0 fully saturated rings. The molecule has 0 spiro atoms. The highest BCUT2D eigenvalue weighted by molar-refractivity contribution is 9.10. The molecule has 0 aliphatic rings. The van der Waals surface area contributed by atoms with Crippen LogP contribution in [0, 0.1) is 0 Å². The predicted molar refractivity (Wildman–Crippen MR) is 161 cm³/mol. The highest BCUT2D eigenvalue weighted by Gasteiger charge is 2.31. The van der Waals surface area contributed by atoms with Gasteiger partial charge in [-0.15, -0.1) is 0 Å². The van der Waals surface area contributed by atoms with Gasteiger partial charge >= 0.3 is 0 Å². The maximum atomic E-state index is 13.8. The number of halogens is 2. The second kappa shape index (κ2) is 13.6. The molecule has 0 radical (unpaired) electrons. The van der Waals surface area contributed by atoms with E-state index in [0.29, 0.717) is 17.2 Å². The summed E-state index contributed by atoms with van der Waals surface area (Å²) in [5.74, 6) is 0.0687. The second-order valence-corrected chi connectivity index (χ2v) is 10.8. The Morgan fingerprint density at radius 3 is 2.41 bits per heavy atom. The third kappa shape index (κ3) is 7.61. The number of fused-ring (bicyclic) bond motifs is 1. The number of carbonyl (C=O) groups is 2. The molecule has 0 saturated heterocycles. The molecule has 202 valence electrons. The lowest BCUT2D eigenvalue weighted by Gasteiger charge is -2.32. The van der Waals surface area contributed by atoms with E-state index < -0.39 is 6.04 Å². The lowest BCUT2D eigenvalue weighted by molar-refractivity contribution is -0.143. The molecule has 0 saturated carbocycles. The molecular weight excluding hydrogens is 576 g/mol. The van der Waals surface area contributed by atoms with E-state index in [-0.39, 0.29) is 31.0 Å². The number of ether oxygens (including phenoxy) is 1. The minimum absolute atomic E-state index is 0.0244. The largest absolute Gasteiger partial charge is 0.483 e. The van der Waals surface area contributed by atoms with Crippen molar-refractivity contribution >= 4 is 50.1 Å². The Kier molecular flexibility index (Phi) is 10.0. The Hall–Kier alpha value is -3.35. The number of amides is 2. The second-order valence-electron chi connectivity index (χ2n) is 9.56. The zero-order valence-electron chi connectivity index (χ0n) is 22.1. The maximum absolute atomic E-state index is 13.8. The van der Waals surface area contributed by atoms with Crippen molar-refractivity contribution in [2.75, 3.05) is 6.61 Å². The van der Waals surface area contributed by atoms with E-state index in [1.165, 1.54) is 0 Å². The zero-order chi connectivity index (χ0) is 27.8. The van der Waals surface area contributed by atoms with E-state index in [9.17, 15) is 9.59 Å². The normalized spacial score (nSPS) is 12.5. The first-order chi connectivity index (χ1) is 18.9. The van der Waals surface area contributed by atoms with Crippen LogP contribution in [-0.2, 0) is 22.6 Å². The molecule has 39 heavy (non-hydrogen) atoms. The Labute approximate surface area is 243 Å². The van der Waals surface area contributed by atoms with Crippen molar-refractivity contribution in [2.45, 2.75) is 45.3 Å². The van der Waals surface area contributed by atoms with Crippen LogP contribution in [0.5, 0.6) is 5.75 Å². The van der Waals surface area contributed by atoms with E-state index in [1.54, 1.807) is 11.0 Å². The van der Waals surface area contributed by atoms with Gasteiger partial charge in [-0.3, -0.25) is 9.59 Å². The van der Waals surface area contributed by atoms with Gasteiger partial charge in [-0.05, 0) is 69.4 Å². The summed E-state index contributed by atoms with van der Waals surface area (Å²) in [5.41, 5.74) is 1.79. The van der Waals surface area contributed by atoms with Gasteiger partial charge in [0.05, 0.1) is 4.47 Å². The minimum atomic E-state index is -0.739. The summed E-state index contributed by atoms with van der Waals surface area (Å²) < 4.78 is 6.82. The van der Waals surface area contributed by atoms with Gasteiger partial charge in [-0.2, -0.15) is 0 Å². The van der Waals surface area contributed by atoms with Gasteiger partial charge in [0.15, 0.2) is 6.61 Å². The zero-order valence-corrected chi connectivity index (χ0v) is 24.4. The standard InChI is InChI=1S/C32H32BrClN2O3/c1-3-22(2)35-32(38)28(19-23-10-5-4-6-11-23)36(20-24-12-9-14-26(34)18-24)30(37)21-39-29-17-16-25-13-7-8-15-27(25)31(29)33/h4-18,22,28H,3,19-21H2,1-2H3,(H,35,38)/t22-,28-/m0/s1. The van der Waals surface area contributed by atoms with Crippen molar-refractivity contribution in [3.05, 3.63) is 112 Å². The van der Waals surface area contributed by atoms with Crippen LogP contribution in [0.15, 0.2) is 95.5 Å². The molecule has 7 heteroatoms. The van der Waals surface area contributed by atoms with E-state index in [0.717, 1.165) is 32.8 Å². The number of hydrogen-bond donors (Lipinski definition) is 1. The number of benzene rings is 4. The van der Waals surface area contributed by atoms with E-state index in [1.807, 2.05) is 98.8 Å². The molecule has 0 aliphatic heterocycles. The first-order valence-electron chi connectivity index (χ1n) is 13.0. The van der Waals surface area contributed by atoms with Crippen LogP contribution in [0.2, 0.25) is 5.02 Å². The summed E-state index contributed by atoms with van der Waals surface area (Å²) in [7, 11) is 0. The van der Waals surface area contributed by atoms with Gasteiger partial charge in [-0.25, -0.2) is 0 Å². The van der Waals surface area contributed by atoms with Gasteiger partial charge in [-0.1, -0.05) is 91.3 Å². The lowest BCUT2D eigenvalue weighted by atomic mass is 10.0. The predicted octanol–water partition coefficient (Wildman–Crippen LogP) is 7.19. The van der Waals surface area contributed by atoms with Gasteiger partial charge in [0.25, 0.3) is 5.91 Å². The minimum Gasteiger partial charge on any atom is -0.483 e. The summed E-state index contributed by atoms with van der Waals surface area (Å²) in [6, 6.07) is 28.1. The van der Waals surface area contributed by atoms with Crippen molar-refractivity contribution in [2.24, 2.45) is 0 Å². The van der Waals surface area contributed by atoms with Crippen LogP contribution in [0.4, 0.5) is 0 Å². The monoisotopic (exact) mass is 606 g/mol. The fraction of sp³-hybridized carbons (Fsp3) is 0.250. The lowest BCUT2D eigenvalue weighted by Crippen LogP contribution is -2.53. The molecule has 4 rings (SSSR count). The number of nitrogens with zero attached hydrogens (tertiary/aromatic N) is 1. The van der Waals surface area contributed by atoms with Crippen molar-refractivity contribution in [3.63, 3.8) is 0 Å². The van der Waals surface area contributed by atoms with E-state index in [2.05, 4.69) is 21.2 Å². The fourth-order valence-electron chi connectivity index (χ4n) is 4.37. The molecule has 2 atom stereocenters. The smallest absolute Gasteiger partial charge is 0.261 e. The van der Waals surface area contributed by atoms with Crippen molar-refractivity contribution in [1.29, 1.82) is 0 Å². The SMILES string of the molecule is CC[C@H](C)NC(=O)[C@H](Cc1ccccc1)N(Cc1cccc(Cl)c1)C(=O)COc1ccc2ccccc2c1Br. The molecule has 0 aliphatic carbocycles. The highest BCUT2D eigenvalue weighted by Crippen LogP contribution is 2.33. The van der Waals surface area contributed by atoms with Gasteiger partial charge in [0.2, 0.25) is 5.91 Å². The molecule has 0 bridgehead atoms. The maximum Gasteiger partial charge on any atom is 0.261 e. The molecular formula is C32H32BrClN2O3. The average molecular weight is 608 g/mol. The number of carbonyl (C=O) groups excluding carboxylic acids is 2. The topological polar surface area (TPSA) is 58.6 Å². The van der Waals surface area contributed by atoms with Gasteiger partial charge < -0.3 is 15.0 Å². The van der Waals surface area contributed by atoms with Crippen molar-refractivity contribution in [1.82, 2.24) is 10.2 Å². The van der Waals surface area contributed by atoms with Gasteiger partial charge in [0, 0.05) is 24.0 Å². The molecule has 1 N–H and O–H groups in total. The summed E-state index contributed by atoms with van der Waals surface area (Å²) in [6.07, 6.45) is 1.15. The van der Waals surface area contributed by atoms with Crippen LogP contribution in [0.25, 0.3) is 10.8 Å². The number of hydrogen-bond acceptors (Lipinski definition) is 3. The van der Waals surface area contributed by atoms with Gasteiger partial charge in [0.1, 0.15) is 11.8 Å². The Morgan fingerprint density at radius 2 is 1.67 bits per heavy atom. The van der Waals surface area contributed by atoms with Crippen LogP contribution < -0.4 is 10.1 Å². The highest BCUT2D eigenvalue weighted by atomic mass is 79.9. The molecule has 5 nitrogen and oxygen atoms in total. The summed E-state index contributed by atoms with van der Waals surface area (Å²) >= 11 is 9.89. The third-order valence-corrected chi connectivity index (χ3v) is 7.75. The summed E-state index contributed by atoms with van der Waals surface area (Å²) in [4.78, 5) is 29.1. The van der Waals surface area contributed by atoms with Crippen molar-refractivity contribution in [3.8, 4) is 5.75 Å². The van der Waals surface area contributed by atoms with E-state index >= 15 is 0 Å². The van der Waals surface area contributed by atoms with E-state index in [4.69, 9.17) is 16.3 Å². The Bertz CT molecular complexity index is 1430. The molecule has 0 heterocycles. The Balaban J connectivity index is 1.64. The van der Waals surface area contributed by atoms with Crippen LogP contribution in [-0.4, -0.2) is 35.4 Å². The number of nitrogens with one attached hydrogen (secondary N) is 1. The average Bonchev–Trinajstić information content (AvgIpc) is 2.95. The molecule has 2 amide bonds. The summed E-state index contributed by atoms with van der Waals surface area (Å²) in [6.45, 7) is 3.97. The molecule has 0 aromatic heterocycles. The molecule has 4 aromatic carbocycles. The van der Waals surface area contributed by atoms with Crippen LogP contribution in [0.1, 0.15) is 31.4 Å². The first kappa shape index (κ1) is 28.7. The van der Waals surface area contributed by atoms with Crippen LogP contribution >= 0.6 is 27.5 Å². The van der Waals surface area contributed by atoms with Crippen molar-refractivity contribution < 1.29 is 14.3 Å². The molecule has 0 unspecified atom stereocenters. The number of rotatable bonds is 11. The summed E-state index contributed by atoms with van der Waals surface area (Å²) in [5, 5.41) is 5.71. The first-order valence-corrected chi connectivity index (χ1v) is 14.2. The molecule has 4 aromatic rings. The quantitative estimate of drug-likeness (QED) is 0.196. The van der Waals surface area contributed by atoms with Crippen LogP contribution in [0.3, 0.4) is 0 Å². The third-order valence-electron chi connectivity index (χ3n) is 6.69.